The molecule has 2 N–H and O–H groups in total. The van der Waals surface area contributed by atoms with Crippen molar-refractivity contribution in [1.29, 1.82) is 0 Å². The van der Waals surface area contributed by atoms with Gasteiger partial charge in [-0.15, -0.1) is 0 Å². The van der Waals surface area contributed by atoms with E-state index in [0.29, 0.717) is 17.7 Å². The molecule has 1 amide bonds. The van der Waals surface area contributed by atoms with E-state index < -0.39 is 23.3 Å². The van der Waals surface area contributed by atoms with Gasteiger partial charge in [-0.25, -0.2) is 9.59 Å². The van der Waals surface area contributed by atoms with Crippen LogP contribution in [0, 0.1) is 11.8 Å². The topological polar surface area (TPSA) is 120 Å². The first-order valence-corrected chi connectivity index (χ1v) is 11.1. The van der Waals surface area contributed by atoms with Gasteiger partial charge in [0.05, 0.1) is 5.56 Å². The molecule has 9 nitrogen and oxygen atoms in total. The van der Waals surface area contributed by atoms with Crippen LogP contribution in [-0.2, 0) is 34.8 Å². The molecule has 1 fully saturated rings. The summed E-state index contributed by atoms with van der Waals surface area (Å²) in [6, 6.07) is 5.86. The predicted molar refractivity (Wildman–Crippen MR) is 123 cm³/mol. The first-order valence-electron chi connectivity index (χ1n) is 11.1. The summed E-state index contributed by atoms with van der Waals surface area (Å²) in [7, 11) is 4.63. The van der Waals surface area contributed by atoms with Crippen molar-refractivity contribution in [2.24, 2.45) is 25.9 Å². The maximum atomic E-state index is 12.8. The number of rotatable bonds is 9. The molecule has 1 aromatic heterocycles. The molecule has 0 spiro atoms. The van der Waals surface area contributed by atoms with Crippen LogP contribution in [0.3, 0.4) is 0 Å². The predicted octanol–water partition coefficient (Wildman–Crippen LogP) is 1.32. The Bertz CT molecular complexity index is 1120. The maximum absolute atomic E-state index is 12.8. The number of ether oxygens (including phenoxy) is 1. The highest BCUT2D eigenvalue weighted by Gasteiger charge is 2.34. The van der Waals surface area contributed by atoms with Crippen LogP contribution >= 0.6 is 0 Å². The second kappa shape index (κ2) is 10.6. The summed E-state index contributed by atoms with van der Waals surface area (Å²) < 4.78 is 7.52. The number of hydrogen-bond acceptors (Lipinski definition) is 5. The Morgan fingerprint density at radius 1 is 1.18 bits per heavy atom. The van der Waals surface area contributed by atoms with Crippen LogP contribution in [0.1, 0.15) is 31.2 Å². The lowest BCUT2D eigenvalue weighted by molar-refractivity contribution is -0.142. The zero-order valence-corrected chi connectivity index (χ0v) is 19.2. The number of nitrogens with one attached hydrogen (secondary N) is 1. The second-order valence-electron chi connectivity index (χ2n) is 8.68. The van der Waals surface area contributed by atoms with Gasteiger partial charge < -0.3 is 19.7 Å². The number of benzene rings is 1. The molecule has 0 saturated heterocycles. The third-order valence-electron chi connectivity index (χ3n) is 6.45. The fourth-order valence-corrected chi connectivity index (χ4v) is 4.54. The lowest BCUT2D eigenvalue weighted by Gasteiger charge is -2.22. The van der Waals surface area contributed by atoms with Crippen molar-refractivity contribution >= 4 is 11.9 Å². The van der Waals surface area contributed by atoms with Crippen molar-refractivity contribution in [2.75, 3.05) is 13.7 Å². The summed E-state index contributed by atoms with van der Waals surface area (Å²) in [4.78, 5) is 49.0. The van der Waals surface area contributed by atoms with Crippen LogP contribution in [0.5, 0.6) is 0 Å². The molecular weight excluding hydrogens is 426 g/mol. The Hall–Kier alpha value is -3.20. The molecule has 2 aromatic rings. The smallest absolute Gasteiger partial charge is 0.330 e. The van der Waals surface area contributed by atoms with E-state index in [0.717, 1.165) is 35.8 Å². The zero-order valence-electron chi connectivity index (χ0n) is 19.2. The molecule has 3 rings (SSSR count). The van der Waals surface area contributed by atoms with E-state index in [2.05, 4.69) is 5.32 Å². The van der Waals surface area contributed by atoms with Gasteiger partial charge >= 0.3 is 11.7 Å². The average Bonchev–Trinajstić information content (AvgIpc) is 3.27. The molecule has 3 atom stereocenters. The van der Waals surface area contributed by atoms with Gasteiger partial charge in [0.1, 0.15) is 6.04 Å². The number of methoxy groups -OCH3 is 1. The monoisotopic (exact) mass is 457 g/mol. The van der Waals surface area contributed by atoms with Crippen LogP contribution in [0.4, 0.5) is 0 Å². The molecule has 0 radical (unpaired) electrons. The Labute approximate surface area is 192 Å². The molecule has 9 heteroatoms. The standard InChI is InChI=1S/C24H31N3O6/c1-26-14-19(22(29)27(2)24(26)32)17-9-7-15(8-10-17)13-20(23(30)31)25-21(28)18-6-4-5-16(18)11-12-33-3/h7-10,14,16,18,20H,4-6,11-13H2,1-3H3,(H,25,28)(H,30,31)/t16?,18?,20-/m0/s1. The van der Waals surface area contributed by atoms with E-state index in [1.165, 1.54) is 17.8 Å². The van der Waals surface area contributed by atoms with Crippen molar-refractivity contribution in [3.05, 3.63) is 56.9 Å². The van der Waals surface area contributed by atoms with E-state index in [1.54, 1.807) is 38.4 Å². The van der Waals surface area contributed by atoms with Gasteiger partial charge in [-0.1, -0.05) is 30.7 Å². The number of carbonyl (C=O) groups excluding carboxylic acids is 1. The van der Waals surface area contributed by atoms with Gasteiger partial charge in [-0.3, -0.25) is 14.2 Å². The Morgan fingerprint density at radius 2 is 1.88 bits per heavy atom. The number of carboxylic acids is 1. The minimum absolute atomic E-state index is 0.127. The van der Waals surface area contributed by atoms with Gasteiger partial charge in [0.15, 0.2) is 0 Å². The van der Waals surface area contributed by atoms with Crippen LogP contribution in [0.2, 0.25) is 0 Å². The summed E-state index contributed by atoms with van der Waals surface area (Å²) in [6.07, 6.45) is 5.07. The molecule has 0 aliphatic heterocycles. The van der Waals surface area contributed by atoms with Gasteiger partial charge in [-0.2, -0.15) is 0 Å². The lowest BCUT2D eigenvalue weighted by Crippen LogP contribution is -2.45. The number of carbonyl (C=O) groups is 2. The third kappa shape index (κ3) is 5.60. The van der Waals surface area contributed by atoms with Crippen LogP contribution < -0.4 is 16.6 Å². The number of aryl methyl sites for hydroxylation is 1. The average molecular weight is 458 g/mol. The Kier molecular flexibility index (Phi) is 7.86. The molecule has 178 valence electrons. The van der Waals surface area contributed by atoms with Gasteiger partial charge in [0.2, 0.25) is 5.91 Å². The molecule has 2 unspecified atom stereocenters. The largest absolute Gasteiger partial charge is 0.480 e. The summed E-state index contributed by atoms with van der Waals surface area (Å²) in [5.74, 6) is -1.29. The quantitative estimate of drug-likeness (QED) is 0.586. The van der Waals surface area contributed by atoms with E-state index in [9.17, 15) is 24.3 Å². The number of aliphatic carboxylic acids is 1. The molecular formula is C24H31N3O6. The number of aromatic nitrogens is 2. The first kappa shape index (κ1) is 24.4. The van der Waals surface area contributed by atoms with Gasteiger partial charge in [0.25, 0.3) is 5.56 Å². The normalized spacial score (nSPS) is 18.8. The van der Waals surface area contributed by atoms with Crippen molar-refractivity contribution in [3.8, 4) is 11.1 Å². The van der Waals surface area contributed by atoms with E-state index in [-0.39, 0.29) is 24.2 Å². The molecule has 1 aromatic carbocycles. The summed E-state index contributed by atoms with van der Waals surface area (Å²) in [6.45, 7) is 0.585. The summed E-state index contributed by atoms with van der Waals surface area (Å²) >= 11 is 0. The van der Waals surface area contributed by atoms with Gasteiger partial charge in [0, 0.05) is 46.3 Å². The molecule has 0 bridgehead atoms. The lowest BCUT2D eigenvalue weighted by atomic mass is 9.92. The Morgan fingerprint density at radius 3 is 2.52 bits per heavy atom. The Balaban J connectivity index is 1.72. The van der Waals surface area contributed by atoms with Crippen LogP contribution in [-0.4, -0.2) is 45.9 Å². The molecule has 1 heterocycles. The van der Waals surface area contributed by atoms with E-state index in [1.807, 2.05) is 0 Å². The third-order valence-corrected chi connectivity index (χ3v) is 6.45. The van der Waals surface area contributed by atoms with Crippen molar-refractivity contribution in [2.45, 2.75) is 38.1 Å². The fourth-order valence-electron chi connectivity index (χ4n) is 4.54. The number of carboxylic acid groups (broad SMARTS) is 1. The zero-order chi connectivity index (χ0) is 24.1. The first-order chi connectivity index (χ1) is 15.7. The van der Waals surface area contributed by atoms with Gasteiger partial charge in [-0.05, 0) is 36.3 Å². The molecule has 1 aliphatic rings. The van der Waals surface area contributed by atoms with Crippen molar-refractivity contribution < 1.29 is 19.4 Å². The maximum Gasteiger partial charge on any atom is 0.330 e. The highest BCUT2D eigenvalue weighted by molar-refractivity contribution is 5.85. The SMILES string of the molecule is COCCC1CCCC1C(=O)N[C@@H](Cc1ccc(-c2cn(C)c(=O)n(C)c2=O)cc1)C(=O)O. The van der Waals surface area contributed by atoms with E-state index in [4.69, 9.17) is 4.74 Å². The molecule has 1 saturated carbocycles. The summed E-state index contributed by atoms with van der Waals surface area (Å²) in [5, 5.41) is 12.4. The second-order valence-corrected chi connectivity index (χ2v) is 8.68. The minimum atomic E-state index is -1.09. The summed E-state index contributed by atoms with van der Waals surface area (Å²) in [5.41, 5.74) is 0.902. The number of hydrogen-bond donors (Lipinski definition) is 2. The van der Waals surface area contributed by atoms with E-state index >= 15 is 0 Å². The van der Waals surface area contributed by atoms with Crippen molar-refractivity contribution in [1.82, 2.24) is 14.5 Å². The van der Waals surface area contributed by atoms with Crippen LogP contribution in [0.15, 0.2) is 40.1 Å². The molecule has 33 heavy (non-hydrogen) atoms. The van der Waals surface area contributed by atoms with Crippen molar-refractivity contribution in [3.63, 3.8) is 0 Å². The number of nitrogens with zero attached hydrogens (tertiary/aromatic N) is 2. The fraction of sp³-hybridized carbons (Fsp3) is 0.500. The van der Waals surface area contributed by atoms with Crippen LogP contribution in [0.25, 0.3) is 11.1 Å². The molecule has 1 aliphatic carbocycles. The number of amides is 1. The highest BCUT2D eigenvalue weighted by Crippen LogP contribution is 2.34. The highest BCUT2D eigenvalue weighted by atomic mass is 16.5. The minimum Gasteiger partial charge on any atom is -0.480 e.